The molecule has 26 heavy (non-hydrogen) atoms. The lowest BCUT2D eigenvalue weighted by Crippen LogP contribution is -2.42. The van der Waals surface area contributed by atoms with Gasteiger partial charge in [0.1, 0.15) is 6.04 Å². The summed E-state index contributed by atoms with van der Waals surface area (Å²) in [5.41, 5.74) is -0.0245. The zero-order valence-electron chi connectivity index (χ0n) is 14.7. The van der Waals surface area contributed by atoms with Gasteiger partial charge >= 0.3 is 5.97 Å². The van der Waals surface area contributed by atoms with Gasteiger partial charge in [0.25, 0.3) is 5.91 Å². The number of rotatable bonds is 10. The fourth-order valence-electron chi connectivity index (χ4n) is 2.03. The standard InChI is InChI=1S/C17H22ClF2NO5/c1-9(2)4-5-26-15-11(18)6-10(7-13(15)25-3)16(22)21-12(17(23)24)8-14(19)20/h6-7,9,12,14H,4-5,8H2,1-3H3,(H,21,22)(H,23,24). The average molecular weight is 394 g/mol. The maximum atomic E-state index is 12.4. The topological polar surface area (TPSA) is 84.9 Å². The summed E-state index contributed by atoms with van der Waals surface area (Å²) in [4.78, 5) is 23.2. The Kier molecular flexibility index (Phi) is 8.57. The summed E-state index contributed by atoms with van der Waals surface area (Å²) < 4.78 is 35.6. The van der Waals surface area contributed by atoms with Crippen molar-refractivity contribution in [2.24, 2.45) is 5.92 Å². The Hall–Kier alpha value is -2.09. The normalized spacial score (nSPS) is 12.2. The summed E-state index contributed by atoms with van der Waals surface area (Å²) in [7, 11) is 1.36. The molecule has 1 atom stereocenters. The van der Waals surface area contributed by atoms with Gasteiger partial charge in [0.05, 0.1) is 18.7 Å². The minimum absolute atomic E-state index is 0.0245. The van der Waals surface area contributed by atoms with Crippen LogP contribution in [0.2, 0.25) is 5.02 Å². The van der Waals surface area contributed by atoms with Gasteiger partial charge in [0, 0.05) is 12.0 Å². The molecule has 1 rings (SSSR count). The first-order valence-corrected chi connectivity index (χ1v) is 8.35. The fourth-order valence-corrected chi connectivity index (χ4v) is 2.29. The van der Waals surface area contributed by atoms with Crippen LogP contribution in [0.1, 0.15) is 37.0 Å². The second-order valence-corrected chi connectivity index (χ2v) is 6.42. The Morgan fingerprint density at radius 3 is 2.46 bits per heavy atom. The Morgan fingerprint density at radius 2 is 1.96 bits per heavy atom. The number of alkyl halides is 2. The summed E-state index contributed by atoms with van der Waals surface area (Å²) in [5.74, 6) is -1.54. The number of hydrogen-bond acceptors (Lipinski definition) is 4. The first-order chi connectivity index (χ1) is 12.1. The molecule has 1 amide bonds. The zero-order valence-corrected chi connectivity index (χ0v) is 15.5. The molecule has 1 aromatic rings. The summed E-state index contributed by atoms with van der Waals surface area (Å²) in [5, 5.41) is 11.1. The lowest BCUT2D eigenvalue weighted by molar-refractivity contribution is -0.140. The number of carbonyl (C=O) groups is 2. The SMILES string of the molecule is COc1cc(C(=O)NC(CC(F)F)C(=O)O)cc(Cl)c1OCCC(C)C. The van der Waals surface area contributed by atoms with Crippen molar-refractivity contribution in [2.45, 2.75) is 39.2 Å². The molecule has 9 heteroatoms. The number of hydrogen-bond donors (Lipinski definition) is 2. The molecule has 0 spiro atoms. The number of aliphatic carboxylic acids is 1. The molecule has 0 aromatic heterocycles. The number of halogens is 3. The highest BCUT2D eigenvalue weighted by atomic mass is 35.5. The van der Waals surface area contributed by atoms with Crippen molar-refractivity contribution in [2.75, 3.05) is 13.7 Å². The third kappa shape index (κ3) is 6.67. The van der Waals surface area contributed by atoms with E-state index in [4.69, 9.17) is 26.2 Å². The van der Waals surface area contributed by atoms with E-state index in [0.717, 1.165) is 6.42 Å². The Morgan fingerprint density at radius 1 is 1.31 bits per heavy atom. The van der Waals surface area contributed by atoms with Crippen LogP contribution in [-0.2, 0) is 4.79 Å². The Bertz CT molecular complexity index is 640. The highest BCUT2D eigenvalue weighted by Crippen LogP contribution is 2.36. The van der Waals surface area contributed by atoms with Crippen LogP contribution in [0.25, 0.3) is 0 Å². The van der Waals surface area contributed by atoms with Gasteiger partial charge in [-0.05, 0) is 24.5 Å². The molecular weight excluding hydrogens is 372 g/mol. The quantitative estimate of drug-likeness (QED) is 0.634. The molecule has 0 aliphatic heterocycles. The number of nitrogens with one attached hydrogen (secondary N) is 1. The Balaban J connectivity index is 2.97. The largest absolute Gasteiger partial charge is 0.493 e. The molecule has 0 heterocycles. The fraction of sp³-hybridized carbons (Fsp3) is 0.529. The van der Waals surface area contributed by atoms with Gasteiger partial charge in [-0.2, -0.15) is 0 Å². The maximum absolute atomic E-state index is 12.4. The van der Waals surface area contributed by atoms with E-state index >= 15 is 0 Å². The molecule has 0 bridgehead atoms. The molecule has 0 aliphatic rings. The first-order valence-electron chi connectivity index (χ1n) is 7.97. The van der Waals surface area contributed by atoms with Gasteiger partial charge < -0.3 is 19.9 Å². The predicted molar refractivity (Wildman–Crippen MR) is 92.5 cm³/mol. The van der Waals surface area contributed by atoms with Crippen LogP contribution in [0.4, 0.5) is 8.78 Å². The molecule has 0 radical (unpaired) electrons. The molecule has 0 saturated heterocycles. The van der Waals surface area contributed by atoms with Crippen LogP contribution in [0.5, 0.6) is 11.5 Å². The van der Waals surface area contributed by atoms with Crippen LogP contribution in [0.3, 0.4) is 0 Å². The van der Waals surface area contributed by atoms with E-state index in [-0.39, 0.29) is 22.1 Å². The second kappa shape index (κ2) is 10.2. The molecule has 2 N–H and O–H groups in total. The molecule has 1 unspecified atom stereocenters. The second-order valence-electron chi connectivity index (χ2n) is 6.01. The van der Waals surface area contributed by atoms with Gasteiger partial charge in [0.15, 0.2) is 11.5 Å². The third-order valence-electron chi connectivity index (χ3n) is 3.45. The number of carboxylic acids is 1. The van der Waals surface area contributed by atoms with Crippen LogP contribution in [0, 0.1) is 5.92 Å². The van der Waals surface area contributed by atoms with E-state index in [2.05, 4.69) is 0 Å². The molecule has 0 fully saturated rings. The lowest BCUT2D eigenvalue weighted by atomic mass is 10.1. The van der Waals surface area contributed by atoms with E-state index in [1.807, 2.05) is 19.2 Å². The minimum Gasteiger partial charge on any atom is -0.493 e. The molecule has 146 valence electrons. The van der Waals surface area contributed by atoms with E-state index in [1.165, 1.54) is 19.2 Å². The van der Waals surface area contributed by atoms with E-state index < -0.39 is 30.8 Å². The average Bonchev–Trinajstić information content (AvgIpc) is 2.54. The van der Waals surface area contributed by atoms with Gasteiger partial charge in [0.2, 0.25) is 6.43 Å². The molecule has 6 nitrogen and oxygen atoms in total. The van der Waals surface area contributed by atoms with Crippen molar-refractivity contribution >= 4 is 23.5 Å². The van der Waals surface area contributed by atoms with Crippen molar-refractivity contribution in [3.05, 3.63) is 22.7 Å². The number of carboxylic acid groups (broad SMARTS) is 1. The van der Waals surface area contributed by atoms with Crippen molar-refractivity contribution in [3.63, 3.8) is 0 Å². The lowest BCUT2D eigenvalue weighted by Gasteiger charge is -2.17. The van der Waals surface area contributed by atoms with Gasteiger partial charge in [-0.3, -0.25) is 4.79 Å². The zero-order chi connectivity index (χ0) is 19.9. The molecule has 0 aliphatic carbocycles. The van der Waals surface area contributed by atoms with Crippen LogP contribution < -0.4 is 14.8 Å². The highest BCUT2D eigenvalue weighted by molar-refractivity contribution is 6.32. The summed E-state index contributed by atoms with van der Waals surface area (Å²) in [6, 6.07) is 0.868. The van der Waals surface area contributed by atoms with Crippen molar-refractivity contribution in [1.29, 1.82) is 0 Å². The van der Waals surface area contributed by atoms with Crippen LogP contribution in [-0.4, -0.2) is 43.2 Å². The summed E-state index contributed by atoms with van der Waals surface area (Å²) >= 11 is 6.13. The van der Waals surface area contributed by atoms with Crippen molar-refractivity contribution in [1.82, 2.24) is 5.32 Å². The van der Waals surface area contributed by atoms with E-state index in [9.17, 15) is 18.4 Å². The van der Waals surface area contributed by atoms with Crippen molar-refractivity contribution < 1.29 is 33.0 Å². The third-order valence-corrected chi connectivity index (χ3v) is 3.73. The summed E-state index contributed by atoms with van der Waals surface area (Å²) in [6.45, 7) is 4.47. The van der Waals surface area contributed by atoms with Gasteiger partial charge in [-0.25, -0.2) is 13.6 Å². The first kappa shape index (κ1) is 22.0. The highest BCUT2D eigenvalue weighted by Gasteiger charge is 2.25. The van der Waals surface area contributed by atoms with E-state index in [1.54, 1.807) is 0 Å². The van der Waals surface area contributed by atoms with Crippen molar-refractivity contribution in [3.8, 4) is 11.5 Å². The predicted octanol–water partition coefficient (Wildman–Crippen LogP) is 3.61. The van der Waals surface area contributed by atoms with Gasteiger partial charge in [-0.15, -0.1) is 0 Å². The van der Waals surface area contributed by atoms with Crippen LogP contribution in [0.15, 0.2) is 12.1 Å². The van der Waals surface area contributed by atoms with Gasteiger partial charge in [-0.1, -0.05) is 25.4 Å². The maximum Gasteiger partial charge on any atom is 0.326 e. The van der Waals surface area contributed by atoms with Crippen LogP contribution >= 0.6 is 11.6 Å². The number of amides is 1. The smallest absolute Gasteiger partial charge is 0.326 e. The van der Waals surface area contributed by atoms with E-state index in [0.29, 0.717) is 12.5 Å². The monoisotopic (exact) mass is 393 g/mol. The molecule has 0 saturated carbocycles. The minimum atomic E-state index is -2.87. The Labute approximate surface area is 155 Å². The number of carbonyl (C=O) groups excluding carboxylic acids is 1. The number of ether oxygens (including phenoxy) is 2. The number of benzene rings is 1. The number of methoxy groups -OCH3 is 1. The molecular formula is C17H22ClF2NO5. The molecule has 1 aromatic carbocycles. The summed E-state index contributed by atoms with van der Waals surface area (Å²) in [6.07, 6.45) is -3.08.